The van der Waals surface area contributed by atoms with E-state index in [1.165, 1.54) is 30.5 Å². The van der Waals surface area contributed by atoms with Gasteiger partial charge in [0.1, 0.15) is 17.2 Å². The van der Waals surface area contributed by atoms with Crippen molar-refractivity contribution in [1.29, 1.82) is 0 Å². The van der Waals surface area contributed by atoms with Crippen molar-refractivity contribution in [3.63, 3.8) is 0 Å². The molecule has 3 atom stereocenters. The molecule has 6 rings (SSSR count). The molecule has 1 aromatic carbocycles. The molecule has 9 nitrogen and oxygen atoms in total. The molecule has 2 aromatic heterocycles. The molecule has 2 bridgehead atoms. The summed E-state index contributed by atoms with van der Waals surface area (Å²) in [7, 11) is 0. The van der Waals surface area contributed by atoms with Crippen LogP contribution in [-0.2, 0) is 11.3 Å². The summed E-state index contributed by atoms with van der Waals surface area (Å²) in [5.74, 6) is -0.193. The number of aromatic nitrogens is 3. The number of aromatic carboxylic acids is 1. The summed E-state index contributed by atoms with van der Waals surface area (Å²) in [5, 5.41) is 13.4. The predicted octanol–water partition coefficient (Wildman–Crippen LogP) is 5.32. The molecule has 3 aliphatic rings. The van der Waals surface area contributed by atoms with E-state index in [-0.39, 0.29) is 47.7 Å². The fourth-order valence-electron chi connectivity index (χ4n) is 5.60. The number of ether oxygens (including phenoxy) is 2. The molecule has 1 aliphatic carbocycles. The van der Waals surface area contributed by atoms with E-state index < -0.39 is 12.3 Å². The minimum Gasteiger partial charge on any atom is -0.477 e. The van der Waals surface area contributed by atoms with Gasteiger partial charge in [-0.15, -0.1) is 13.2 Å². The average molecular weight is 531 g/mol. The van der Waals surface area contributed by atoms with Crippen LogP contribution >= 0.6 is 0 Å². The number of benzene rings is 1. The van der Waals surface area contributed by atoms with Gasteiger partial charge in [0.25, 0.3) is 0 Å². The molecule has 200 valence electrons. The van der Waals surface area contributed by atoms with E-state index in [0.717, 1.165) is 25.7 Å². The molecule has 3 aromatic rings. The first-order valence-corrected chi connectivity index (χ1v) is 12.6. The van der Waals surface area contributed by atoms with E-state index in [1.807, 2.05) is 0 Å². The first kappa shape index (κ1) is 24.7. The topological polar surface area (TPSA) is 111 Å². The Kier molecular flexibility index (Phi) is 6.21. The lowest BCUT2D eigenvalue weighted by Crippen LogP contribution is -2.46. The van der Waals surface area contributed by atoms with Crippen molar-refractivity contribution in [2.75, 3.05) is 4.90 Å². The largest absolute Gasteiger partial charge is 0.573 e. The molecule has 0 amide bonds. The Morgan fingerprint density at radius 3 is 2.53 bits per heavy atom. The highest BCUT2D eigenvalue weighted by Crippen LogP contribution is 2.46. The monoisotopic (exact) mass is 530 g/mol. The second-order valence-electron chi connectivity index (χ2n) is 9.94. The van der Waals surface area contributed by atoms with E-state index in [0.29, 0.717) is 35.8 Å². The van der Waals surface area contributed by atoms with Crippen molar-refractivity contribution in [2.24, 2.45) is 0 Å². The molecule has 0 radical (unpaired) electrons. The van der Waals surface area contributed by atoms with Crippen LogP contribution in [0.5, 0.6) is 5.75 Å². The predicted molar refractivity (Wildman–Crippen MR) is 127 cm³/mol. The van der Waals surface area contributed by atoms with Gasteiger partial charge in [-0.1, -0.05) is 17.3 Å². The van der Waals surface area contributed by atoms with Gasteiger partial charge in [-0.2, -0.15) is 0 Å². The van der Waals surface area contributed by atoms with Crippen molar-refractivity contribution >= 4 is 11.9 Å². The highest BCUT2D eigenvalue weighted by atomic mass is 19.4. The molecule has 0 spiro atoms. The van der Waals surface area contributed by atoms with Gasteiger partial charge in [0.15, 0.2) is 5.69 Å². The van der Waals surface area contributed by atoms with E-state index in [4.69, 9.17) is 9.26 Å². The van der Waals surface area contributed by atoms with E-state index in [9.17, 15) is 23.1 Å². The van der Waals surface area contributed by atoms with Crippen LogP contribution in [0.3, 0.4) is 0 Å². The number of carbonyl (C=O) groups is 1. The zero-order valence-corrected chi connectivity index (χ0v) is 20.2. The first-order valence-electron chi connectivity index (χ1n) is 12.6. The molecule has 2 unspecified atom stereocenters. The van der Waals surface area contributed by atoms with Gasteiger partial charge >= 0.3 is 12.3 Å². The number of nitrogens with zero attached hydrogens (tertiary/aromatic N) is 4. The van der Waals surface area contributed by atoms with Crippen LogP contribution in [0.15, 0.2) is 41.1 Å². The summed E-state index contributed by atoms with van der Waals surface area (Å²) in [6.45, 7) is 0.153. The fraction of sp³-hybridized carbons (Fsp3) is 0.462. The Labute approximate surface area is 215 Å². The highest BCUT2D eigenvalue weighted by molar-refractivity contribution is 5.85. The number of hydrogen-bond acceptors (Lipinski definition) is 8. The minimum atomic E-state index is -4.84. The normalized spacial score (nSPS) is 23.0. The second-order valence-corrected chi connectivity index (χ2v) is 9.94. The summed E-state index contributed by atoms with van der Waals surface area (Å²) in [5.41, 5.74) is 1.10. The Morgan fingerprint density at radius 2 is 1.84 bits per heavy atom. The molecule has 1 N–H and O–H groups in total. The second kappa shape index (κ2) is 9.57. The van der Waals surface area contributed by atoms with Gasteiger partial charge in [-0.25, -0.2) is 14.8 Å². The van der Waals surface area contributed by atoms with E-state index in [2.05, 4.69) is 24.8 Å². The maximum atomic E-state index is 13.0. The van der Waals surface area contributed by atoms with Crippen LogP contribution in [0.4, 0.5) is 19.1 Å². The van der Waals surface area contributed by atoms with Crippen molar-refractivity contribution in [3.05, 3.63) is 53.5 Å². The minimum absolute atomic E-state index is 0.0462. The van der Waals surface area contributed by atoms with E-state index in [1.54, 1.807) is 6.07 Å². The molecule has 4 heterocycles. The summed E-state index contributed by atoms with van der Waals surface area (Å²) in [6.07, 6.45) is 1.62. The third kappa shape index (κ3) is 4.92. The number of rotatable bonds is 8. The highest BCUT2D eigenvalue weighted by Gasteiger charge is 2.43. The molecule has 38 heavy (non-hydrogen) atoms. The van der Waals surface area contributed by atoms with Gasteiger partial charge in [0.2, 0.25) is 5.95 Å². The standard InChI is InChI=1S/C26H25F3N4O5/c27-26(28,29)37-21-4-2-1-3-18(21)22-19(23(38-32-22)14-5-6-14)13-36-17-11-15-7-8-16(12-17)33(15)25-30-10-9-20(31-25)24(34)35/h1-4,9-10,14-17H,5-8,11-13H2,(H,34,35)/t15-,16?,17?/m0/s1. The molecule has 1 saturated carbocycles. The van der Waals surface area contributed by atoms with Crippen LogP contribution in [-0.4, -0.2) is 50.8 Å². The van der Waals surface area contributed by atoms with Gasteiger partial charge < -0.3 is 24.0 Å². The van der Waals surface area contributed by atoms with Crippen molar-refractivity contribution < 1.29 is 37.1 Å². The zero-order valence-electron chi connectivity index (χ0n) is 20.2. The molecule has 2 aliphatic heterocycles. The SMILES string of the molecule is O=C(O)c1ccnc(N2C3CC[C@H]2CC(OCc2c(-c4ccccc4OC(F)(F)F)noc2C2CC2)C3)n1. The summed E-state index contributed by atoms with van der Waals surface area (Å²) in [4.78, 5) is 22.0. The summed E-state index contributed by atoms with van der Waals surface area (Å²) >= 11 is 0. The smallest absolute Gasteiger partial charge is 0.477 e. The molecular weight excluding hydrogens is 505 g/mol. The van der Waals surface area contributed by atoms with Crippen LogP contribution in [0.1, 0.15) is 66.3 Å². The number of halogens is 3. The lowest BCUT2D eigenvalue weighted by Gasteiger charge is -2.38. The molecular formula is C26H25F3N4O5. The Balaban J connectivity index is 1.20. The number of anilines is 1. The zero-order chi connectivity index (χ0) is 26.4. The van der Waals surface area contributed by atoms with Crippen LogP contribution in [0.25, 0.3) is 11.3 Å². The fourth-order valence-corrected chi connectivity index (χ4v) is 5.60. The number of alkyl halides is 3. The number of para-hydroxylation sites is 1. The van der Waals surface area contributed by atoms with Crippen LogP contribution < -0.4 is 9.64 Å². The Hall–Kier alpha value is -3.67. The van der Waals surface area contributed by atoms with Crippen molar-refractivity contribution in [3.8, 4) is 17.0 Å². The summed E-state index contributed by atoms with van der Waals surface area (Å²) < 4.78 is 55.3. The lowest BCUT2D eigenvalue weighted by atomic mass is 9.99. The molecule has 3 fully saturated rings. The summed E-state index contributed by atoms with van der Waals surface area (Å²) in [6, 6.07) is 7.47. The van der Waals surface area contributed by atoms with Crippen molar-refractivity contribution in [1.82, 2.24) is 15.1 Å². The molecule has 12 heteroatoms. The van der Waals surface area contributed by atoms with Gasteiger partial charge in [-0.05, 0) is 56.7 Å². The van der Waals surface area contributed by atoms with Gasteiger partial charge in [0, 0.05) is 35.3 Å². The Morgan fingerprint density at radius 1 is 1.11 bits per heavy atom. The number of fused-ring (bicyclic) bond motifs is 2. The van der Waals surface area contributed by atoms with Crippen LogP contribution in [0.2, 0.25) is 0 Å². The number of carboxylic acid groups (broad SMARTS) is 1. The maximum Gasteiger partial charge on any atom is 0.573 e. The average Bonchev–Trinajstić information content (AvgIpc) is 3.58. The number of piperidine rings is 1. The molecule has 2 saturated heterocycles. The van der Waals surface area contributed by atoms with Crippen molar-refractivity contribution in [2.45, 2.75) is 75.6 Å². The van der Waals surface area contributed by atoms with E-state index >= 15 is 0 Å². The Bertz CT molecular complexity index is 1330. The van der Waals surface area contributed by atoms with Gasteiger partial charge in [0.05, 0.1) is 12.7 Å². The quantitative estimate of drug-likeness (QED) is 0.414. The van der Waals surface area contributed by atoms with Gasteiger partial charge in [-0.3, -0.25) is 0 Å². The number of carboxylic acids is 1. The third-order valence-electron chi connectivity index (χ3n) is 7.38. The number of hydrogen-bond donors (Lipinski definition) is 1. The lowest BCUT2D eigenvalue weighted by molar-refractivity contribution is -0.274. The first-order chi connectivity index (χ1) is 18.3. The maximum absolute atomic E-state index is 13.0. The third-order valence-corrected chi connectivity index (χ3v) is 7.38. The van der Waals surface area contributed by atoms with Crippen LogP contribution in [0, 0.1) is 0 Å².